The second-order valence-corrected chi connectivity index (χ2v) is 35.8. The Balaban J connectivity index is 0.000000157. The van der Waals surface area contributed by atoms with Crippen LogP contribution in [0.4, 0.5) is 0 Å². The lowest BCUT2D eigenvalue weighted by Crippen LogP contribution is -2.41. The van der Waals surface area contributed by atoms with Crippen molar-refractivity contribution < 1.29 is 80.9 Å². The van der Waals surface area contributed by atoms with E-state index in [4.69, 9.17) is 73.0 Å². The van der Waals surface area contributed by atoms with Crippen LogP contribution in [0.15, 0.2) is 78.3 Å². The fraction of sp³-hybridized carbons (Fsp3) is 0.541. The van der Waals surface area contributed by atoms with Gasteiger partial charge in [-0.3, -0.25) is 0 Å². The van der Waals surface area contributed by atoms with Gasteiger partial charge in [0.1, 0.15) is 21.6 Å². The minimum atomic E-state index is -1.03. The standard InChI is InChI=1S/C27H34O5S.C25H30O5S.C22H27ClO4S.C11H19BO3/c1-6-30-26(28)24(32-27(3,4)5)22-17(2)33-25(18-11-14-29-15-12-18)23(22)20-9-10-21-19(16-20)8-7-13-31-21;1-15-20(22(24(26)27)30-25(2,3)4)21(23(31-15)16-9-12-28-13-10-16)18-7-8-19-17(14-18)6-5-11-29-19;1-6-25-21(24)19(27-22(3,4)5)17-13(2)28-20(23)18(17)15-9-10-16-14(12-15)8-7-11-26-16;1-10(2)11(3,4)15-12(14-10)9-5-7-13-8-6-9/h9-11,16,24H,6-8,12-15H2,1-5H3;7-9,14,22H,5-6,10-13H2,1-4H3,(H,26,27);9-10,12,19H,6-8,11H2,1-5H3;5H,6-8H2,1-4H3. The van der Waals surface area contributed by atoms with Crippen LogP contribution in [0.2, 0.25) is 4.34 Å². The number of carbonyl (C=O) groups is 3. The third kappa shape index (κ3) is 20.9. The fourth-order valence-corrected chi connectivity index (χ4v) is 17.8. The van der Waals surface area contributed by atoms with Gasteiger partial charge in [-0.2, -0.15) is 0 Å². The van der Waals surface area contributed by atoms with Crippen LogP contribution in [0.25, 0.3) is 44.5 Å². The summed E-state index contributed by atoms with van der Waals surface area (Å²) < 4.78 is 75.7. The second-order valence-electron chi connectivity index (χ2n) is 31.6. The Morgan fingerprint density at radius 2 is 0.850 bits per heavy atom. The lowest BCUT2D eigenvalue weighted by Gasteiger charge is -2.32. The highest BCUT2D eigenvalue weighted by Gasteiger charge is 2.52. The van der Waals surface area contributed by atoms with Crippen LogP contribution < -0.4 is 14.2 Å². The number of hydrogen-bond acceptors (Lipinski definition) is 19. The Morgan fingerprint density at radius 1 is 0.495 bits per heavy atom. The zero-order chi connectivity index (χ0) is 77.3. The highest BCUT2D eigenvalue weighted by atomic mass is 35.5. The largest absolute Gasteiger partial charge is 0.493 e. The van der Waals surface area contributed by atoms with Crippen molar-refractivity contribution in [2.75, 3.05) is 72.7 Å². The summed E-state index contributed by atoms with van der Waals surface area (Å²) in [5, 5.41) is 10.1. The molecule has 6 aromatic rings. The van der Waals surface area contributed by atoms with Crippen molar-refractivity contribution in [3.05, 3.63) is 140 Å². The summed E-state index contributed by atoms with van der Waals surface area (Å²) in [6.45, 7) is 42.2. The SMILES string of the molecule is CC1(C)OB(C2=CCOCC2)OC1(C)C.CCOC(=O)C(OC(C)(C)C)c1c(C)sc(C2=CCOCC2)c1-c1ccc2c(c1)CCCO2.CCOC(=O)C(OC(C)(C)C)c1c(C)sc(Cl)c1-c1ccc2c(c1)CCCO2.Cc1sc(C2=CCOCC2)c(-c2ccc3c(c2)CCCO3)c1C(OC(C)(C)C)C(=O)O. The first-order chi connectivity index (χ1) is 50.7. The zero-order valence-electron chi connectivity index (χ0n) is 66.0. The molecule has 0 aliphatic carbocycles. The number of esters is 2. The summed E-state index contributed by atoms with van der Waals surface area (Å²) in [6.07, 6.45) is 12.2. The van der Waals surface area contributed by atoms with E-state index >= 15 is 0 Å². The van der Waals surface area contributed by atoms with Crippen molar-refractivity contribution in [2.24, 2.45) is 0 Å². The molecule has 3 aromatic carbocycles. The van der Waals surface area contributed by atoms with Gasteiger partial charge in [0.05, 0.1) is 101 Å². The molecule has 1 saturated heterocycles. The van der Waals surface area contributed by atoms with Crippen molar-refractivity contribution in [1.29, 1.82) is 0 Å². The van der Waals surface area contributed by atoms with Crippen LogP contribution in [-0.2, 0) is 80.8 Å². The summed E-state index contributed by atoms with van der Waals surface area (Å²) in [4.78, 5) is 43.6. The lowest BCUT2D eigenvalue weighted by atomic mass is 9.75. The predicted octanol–water partition coefficient (Wildman–Crippen LogP) is 20.2. The Kier molecular flexibility index (Phi) is 27.9. The van der Waals surface area contributed by atoms with E-state index in [1.807, 2.05) is 101 Å². The molecule has 17 nitrogen and oxygen atoms in total. The van der Waals surface area contributed by atoms with Gasteiger partial charge in [0, 0.05) is 57.8 Å². The van der Waals surface area contributed by atoms with Gasteiger partial charge in [-0.05, 0) is 269 Å². The van der Waals surface area contributed by atoms with Gasteiger partial charge in [0.25, 0.3) is 0 Å². The molecule has 107 heavy (non-hydrogen) atoms. The molecule has 0 amide bonds. The third-order valence-electron chi connectivity index (χ3n) is 19.4. The molecule has 13 rings (SSSR count). The van der Waals surface area contributed by atoms with Crippen LogP contribution in [0.3, 0.4) is 0 Å². The normalized spacial score (nSPS) is 18.3. The highest BCUT2D eigenvalue weighted by molar-refractivity contribution is 7.17. The molecule has 0 saturated carbocycles. The molecule has 0 spiro atoms. The predicted molar refractivity (Wildman–Crippen MR) is 428 cm³/mol. The molecule has 0 bridgehead atoms. The van der Waals surface area contributed by atoms with Gasteiger partial charge in [-0.15, -0.1) is 34.0 Å². The van der Waals surface area contributed by atoms with E-state index in [9.17, 15) is 19.5 Å². The zero-order valence-corrected chi connectivity index (χ0v) is 69.2. The molecule has 580 valence electrons. The Hall–Kier alpha value is -6.18. The first kappa shape index (κ1) is 83.3. The van der Waals surface area contributed by atoms with Gasteiger partial charge in [0.2, 0.25) is 0 Å². The number of carbonyl (C=O) groups excluding carboxylic acids is 2. The average Bonchev–Trinajstić information content (AvgIpc) is 1.70. The number of carboxylic acids is 1. The van der Waals surface area contributed by atoms with E-state index < -0.39 is 47.1 Å². The summed E-state index contributed by atoms with van der Waals surface area (Å²) in [6, 6.07) is 18.7. The molecule has 3 aromatic heterocycles. The van der Waals surface area contributed by atoms with Crippen molar-refractivity contribution >= 4 is 81.8 Å². The molecule has 10 heterocycles. The first-order valence-electron chi connectivity index (χ1n) is 37.8. The molecule has 1 N–H and O–H groups in total. The van der Waals surface area contributed by atoms with Crippen molar-refractivity contribution in [1.82, 2.24) is 0 Å². The molecule has 7 aliphatic heterocycles. The number of thiophene rings is 3. The number of halogens is 1. The molecule has 3 unspecified atom stereocenters. The van der Waals surface area contributed by atoms with E-state index in [2.05, 4.69) is 89.2 Å². The molecule has 3 atom stereocenters. The second kappa shape index (κ2) is 35.9. The maximum absolute atomic E-state index is 13.2. The van der Waals surface area contributed by atoms with E-state index in [1.54, 1.807) is 29.6 Å². The number of carboxylic acid groups (broad SMARTS) is 1. The summed E-state index contributed by atoms with van der Waals surface area (Å²) in [7, 11) is -0.182. The van der Waals surface area contributed by atoms with Crippen LogP contribution in [0.1, 0.15) is 218 Å². The molecule has 22 heteroatoms. The number of aryl methyl sites for hydroxylation is 6. The van der Waals surface area contributed by atoms with Crippen LogP contribution in [0.5, 0.6) is 17.2 Å². The maximum atomic E-state index is 13.2. The smallest absolute Gasteiger partial charge is 0.490 e. The molecular formula is C85H110BClO17S3. The van der Waals surface area contributed by atoms with Gasteiger partial charge in [-0.1, -0.05) is 48.0 Å². The molecule has 0 radical (unpaired) electrons. The number of benzene rings is 3. The summed E-state index contributed by atoms with van der Waals surface area (Å²) in [5.74, 6) is 1.11. The van der Waals surface area contributed by atoms with E-state index in [0.717, 1.165) is 171 Å². The number of fused-ring (bicyclic) bond motifs is 3. The molecular weight excluding hydrogens is 1440 g/mol. The highest BCUT2D eigenvalue weighted by Crippen LogP contribution is 2.51. The number of hydrogen-bond donors (Lipinski definition) is 1. The average molecular weight is 1550 g/mol. The van der Waals surface area contributed by atoms with Crippen molar-refractivity contribution in [2.45, 2.75) is 229 Å². The van der Waals surface area contributed by atoms with Crippen molar-refractivity contribution in [3.63, 3.8) is 0 Å². The maximum Gasteiger partial charge on any atom is 0.490 e. The Morgan fingerprint density at radius 3 is 1.21 bits per heavy atom. The van der Waals surface area contributed by atoms with Gasteiger partial charge in [0.15, 0.2) is 18.3 Å². The summed E-state index contributed by atoms with van der Waals surface area (Å²) >= 11 is 11.5. The van der Waals surface area contributed by atoms with Crippen molar-refractivity contribution in [3.8, 4) is 50.6 Å². The Bertz CT molecular complexity index is 4210. The minimum Gasteiger partial charge on any atom is -0.493 e. The number of aliphatic carboxylic acids is 1. The van der Waals surface area contributed by atoms with Gasteiger partial charge < -0.3 is 66.5 Å². The topological polar surface area (TPSA) is 191 Å². The minimum absolute atomic E-state index is 0.182. The van der Waals surface area contributed by atoms with E-state index in [1.165, 1.54) is 49.5 Å². The monoisotopic (exact) mass is 1540 g/mol. The number of rotatable bonds is 17. The Labute approximate surface area is 651 Å². The summed E-state index contributed by atoms with van der Waals surface area (Å²) in [5.41, 5.74) is 13.6. The van der Waals surface area contributed by atoms with Gasteiger partial charge >= 0.3 is 25.0 Å². The van der Waals surface area contributed by atoms with Crippen LogP contribution >= 0.6 is 45.6 Å². The number of ether oxygens (including phenoxy) is 11. The van der Waals surface area contributed by atoms with Gasteiger partial charge in [-0.25, -0.2) is 14.4 Å². The quantitative estimate of drug-likeness (QED) is 0.0669. The van der Waals surface area contributed by atoms with Crippen LogP contribution in [-0.4, -0.2) is 131 Å². The van der Waals surface area contributed by atoms with E-state index in [0.29, 0.717) is 50.6 Å². The van der Waals surface area contributed by atoms with Crippen LogP contribution in [0, 0.1) is 20.8 Å². The van der Waals surface area contributed by atoms with E-state index in [-0.39, 0.29) is 24.3 Å². The third-order valence-corrected chi connectivity index (χ3v) is 23.2. The lowest BCUT2D eigenvalue weighted by molar-refractivity contribution is -0.167. The molecule has 7 aliphatic rings. The molecule has 1 fully saturated rings. The first-order valence-corrected chi connectivity index (χ1v) is 40.6. The fourth-order valence-electron chi connectivity index (χ4n) is 13.8.